The zero-order chi connectivity index (χ0) is 8.10. The molecule has 0 spiro atoms. The first-order valence-corrected chi connectivity index (χ1v) is 3.51. The molecule has 3 heteroatoms. The molecule has 0 amide bonds. The van der Waals surface area contributed by atoms with E-state index in [2.05, 4.69) is 4.74 Å². The minimum absolute atomic E-state index is 0. The van der Waals surface area contributed by atoms with E-state index in [1.165, 1.54) is 0 Å². The molecular formula is C9H11ClO2. The SMILES string of the molecule is C.O=COCc1ccccc1Cl. The minimum Gasteiger partial charge on any atom is -0.463 e. The van der Waals surface area contributed by atoms with E-state index < -0.39 is 0 Å². The summed E-state index contributed by atoms with van der Waals surface area (Å²) in [6, 6.07) is 7.24. The van der Waals surface area contributed by atoms with Gasteiger partial charge in [-0.15, -0.1) is 0 Å². The maximum absolute atomic E-state index is 9.82. The number of hydrogen-bond acceptors (Lipinski definition) is 2. The fourth-order valence-corrected chi connectivity index (χ4v) is 0.930. The number of carbonyl (C=O) groups is 1. The molecular weight excluding hydrogens is 176 g/mol. The maximum atomic E-state index is 9.82. The van der Waals surface area contributed by atoms with Gasteiger partial charge in [-0.3, -0.25) is 4.79 Å². The highest BCUT2D eigenvalue weighted by Crippen LogP contribution is 2.14. The van der Waals surface area contributed by atoms with Crippen LogP contribution in [0.4, 0.5) is 0 Å². The van der Waals surface area contributed by atoms with E-state index in [4.69, 9.17) is 11.6 Å². The third-order valence-corrected chi connectivity index (χ3v) is 1.63. The highest BCUT2D eigenvalue weighted by Gasteiger charge is 1.96. The molecule has 0 aliphatic carbocycles. The van der Waals surface area contributed by atoms with Crippen molar-refractivity contribution in [3.8, 4) is 0 Å². The van der Waals surface area contributed by atoms with Crippen molar-refractivity contribution in [2.45, 2.75) is 14.0 Å². The Balaban J connectivity index is 0.00000121. The molecule has 12 heavy (non-hydrogen) atoms. The van der Waals surface area contributed by atoms with Crippen molar-refractivity contribution >= 4 is 18.1 Å². The number of hydrogen-bond donors (Lipinski definition) is 0. The first-order valence-electron chi connectivity index (χ1n) is 3.13. The third-order valence-electron chi connectivity index (χ3n) is 1.26. The lowest BCUT2D eigenvalue weighted by molar-refractivity contribution is -0.129. The normalized spacial score (nSPS) is 8.42. The summed E-state index contributed by atoms with van der Waals surface area (Å²) < 4.78 is 4.54. The van der Waals surface area contributed by atoms with Crippen molar-refractivity contribution < 1.29 is 9.53 Å². The number of halogens is 1. The quantitative estimate of drug-likeness (QED) is 0.679. The van der Waals surface area contributed by atoms with Crippen molar-refractivity contribution in [2.75, 3.05) is 0 Å². The van der Waals surface area contributed by atoms with E-state index in [1.807, 2.05) is 18.2 Å². The fourth-order valence-electron chi connectivity index (χ4n) is 0.739. The summed E-state index contributed by atoms with van der Waals surface area (Å²) in [5, 5.41) is 0.620. The van der Waals surface area contributed by atoms with Crippen LogP contribution in [-0.4, -0.2) is 6.47 Å². The van der Waals surface area contributed by atoms with Crippen LogP contribution >= 0.6 is 11.6 Å². The van der Waals surface area contributed by atoms with E-state index >= 15 is 0 Å². The zero-order valence-electron chi connectivity index (χ0n) is 5.79. The molecule has 0 fully saturated rings. The van der Waals surface area contributed by atoms with Gasteiger partial charge in [0.1, 0.15) is 6.61 Å². The van der Waals surface area contributed by atoms with Crippen LogP contribution < -0.4 is 0 Å². The molecule has 0 aromatic heterocycles. The van der Waals surface area contributed by atoms with E-state index in [0.29, 0.717) is 11.5 Å². The van der Waals surface area contributed by atoms with Crippen LogP contribution in [0.15, 0.2) is 24.3 Å². The average Bonchev–Trinajstić information content (AvgIpc) is 2.03. The zero-order valence-corrected chi connectivity index (χ0v) is 6.54. The molecule has 1 aromatic carbocycles. The van der Waals surface area contributed by atoms with E-state index in [1.54, 1.807) is 6.07 Å². The highest BCUT2D eigenvalue weighted by atomic mass is 35.5. The van der Waals surface area contributed by atoms with Gasteiger partial charge in [-0.05, 0) is 6.07 Å². The smallest absolute Gasteiger partial charge is 0.293 e. The lowest BCUT2D eigenvalue weighted by Crippen LogP contribution is -1.90. The van der Waals surface area contributed by atoms with Gasteiger partial charge in [0.2, 0.25) is 0 Å². The van der Waals surface area contributed by atoms with Crippen LogP contribution in [-0.2, 0) is 16.1 Å². The Morgan fingerprint density at radius 3 is 2.67 bits per heavy atom. The molecule has 0 saturated heterocycles. The standard InChI is InChI=1S/C8H7ClO2.CH4/c9-8-4-2-1-3-7(8)5-11-6-10;/h1-4,6H,5H2;1H4. The van der Waals surface area contributed by atoms with E-state index in [-0.39, 0.29) is 14.0 Å². The average molecular weight is 187 g/mol. The van der Waals surface area contributed by atoms with Gasteiger partial charge in [-0.2, -0.15) is 0 Å². The molecule has 2 nitrogen and oxygen atoms in total. The monoisotopic (exact) mass is 186 g/mol. The summed E-state index contributed by atoms with van der Waals surface area (Å²) in [7, 11) is 0. The Kier molecular flexibility index (Phi) is 5.13. The number of carbonyl (C=O) groups excluding carboxylic acids is 1. The van der Waals surface area contributed by atoms with Gasteiger partial charge in [0.25, 0.3) is 6.47 Å². The predicted molar refractivity (Wildman–Crippen MR) is 49.0 cm³/mol. The second kappa shape index (κ2) is 5.61. The van der Waals surface area contributed by atoms with Crippen LogP contribution in [0, 0.1) is 0 Å². The maximum Gasteiger partial charge on any atom is 0.293 e. The molecule has 0 radical (unpaired) electrons. The van der Waals surface area contributed by atoms with Gasteiger partial charge in [0.05, 0.1) is 0 Å². The Labute approximate surface area is 77.1 Å². The van der Waals surface area contributed by atoms with Crippen molar-refractivity contribution in [1.82, 2.24) is 0 Å². The van der Waals surface area contributed by atoms with Crippen molar-refractivity contribution in [3.05, 3.63) is 34.9 Å². The summed E-state index contributed by atoms with van der Waals surface area (Å²) >= 11 is 5.76. The second-order valence-corrected chi connectivity index (χ2v) is 2.41. The second-order valence-electron chi connectivity index (χ2n) is 2.00. The highest BCUT2D eigenvalue weighted by molar-refractivity contribution is 6.31. The van der Waals surface area contributed by atoms with Crippen molar-refractivity contribution in [2.24, 2.45) is 0 Å². The summed E-state index contributed by atoms with van der Waals surface area (Å²) in [5.41, 5.74) is 0.821. The molecule has 0 N–H and O–H groups in total. The Bertz CT molecular complexity index is 248. The van der Waals surface area contributed by atoms with Gasteiger partial charge in [0.15, 0.2) is 0 Å². The third kappa shape index (κ3) is 2.93. The van der Waals surface area contributed by atoms with Gasteiger partial charge in [0, 0.05) is 10.6 Å². The minimum atomic E-state index is 0. The first kappa shape index (κ1) is 11.0. The van der Waals surface area contributed by atoms with Crippen molar-refractivity contribution in [3.63, 3.8) is 0 Å². The molecule has 0 aliphatic heterocycles. The van der Waals surface area contributed by atoms with Crippen LogP contribution in [0.1, 0.15) is 13.0 Å². The Morgan fingerprint density at radius 2 is 2.08 bits per heavy atom. The topological polar surface area (TPSA) is 26.3 Å². The summed E-state index contributed by atoms with van der Waals surface area (Å²) in [6.07, 6.45) is 0. The molecule has 0 bridgehead atoms. The molecule has 0 heterocycles. The molecule has 66 valence electrons. The summed E-state index contributed by atoms with van der Waals surface area (Å²) in [6.45, 7) is 0.645. The summed E-state index contributed by atoms with van der Waals surface area (Å²) in [4.78, 5) is 9.82. The number of ether oxygens (including phenoxy) is 1. The largest absolute Gasteiger partial charge is 0.463 e. The van der Waals surface area contributed by atoms with Crippen molar-refractivity contribution in [1.29, 1.82) is 0 Å². The molecule has 0 saturated carbocycles. The molecule has 1 aromatic rings. The molecule has 0 aliphatic rings. The van der Waals surface area contributed by atoms with Gasteiger partial charge in [-0.1, -0.05) is 37.2 Å². The first-order chi connectivity index (χ1) is 5.34. The van der Waals surface area contributed by atoms with Crippen LogP contribution in [0.25, 0.3) is 0 Å². The van der Waals surface area contributed by atoms with Gasteiger partial charge < -0.3 is 4.74 Å². The molecule has 0 unspecified atom stereocenters. The van der Waals surface area contributed by atoms with Crippen LogP contribution in [0.5, 0.6) is 0 Å². The Morgan fingerprint density at radius 1 is 1.42 bits per heavy atom. The van der Waals surface area contributed by atoms with E-state index in [9.17, 15) is 4.79 Å². The van der Waals surface area contributed by atoms with Crippen LogP contribution in [0.2, 0.25) is 5.02 Å². The fraction of sp³-hybridized carbons (Fsp3) is 0.222. The number of benzene rings is 1. The predicted octanol–water partition coefficient (Wildman–Crippen LogP) is 2.65. The van der Waals surface area contributed by atoms with Gasteiger partial charge >= 0.3 is 0 Å². The Hall–Kier alpha value is -1.02. The molecule has 0 atom stereocenters. The lowest BCUT2D eigenvalue weighted by atomic mass is 10.2. The van der Waals surface area contributed by atoms with E-state index in [0.717, 1.165) is 5.56 Å². The molecule has 1 rings (SSSR count). The van der Waals surface area contributed by atoms with Crippen LogP contribution in [0.3, 0.4) is 0 Å². The van der Waals surface area contributed by atoms with Gasteiger partial charge in [-0.25, -0.2) is 0 Å². The number of rotatable bonds is 3. The lowest BCUT2D eigenvalue weighted by Gasteiger charge is -2.00. The summed E-state index contributed by atoms with van der Waals surface area (Å²) in [5.74, 6) is 0.